The van der Waals surface area contributed by atoms with Crippen LogP contribution in [0.1, 0.15) is 57.4 Å². The van der Waals surface area contributed by atoms with Crippen molar-refractivity contribution in [2.75, 3.05) is 6.54 Å². The highest BCUT2D eigenvalue weighted by molar-refractivity contribution is 7.85. The first-order valence-corrected chi connectivity index (χ1v) is 10.7. The van der Waals surface area contributed by atoms with Crippen molar-refractivity contribution in [3.05, 3.63) is 29.8 Å². The normalized spacial score (nSPS) is 18.3. The Morgan fingerprint density at radius 2 is 1.89 bits per heavy atom. The van der Waals surface area contributed by atoms with E-state index in [0.29, 0.717) is 32.2 Å². The summed E-state index contributed by atoms with van der Waals surface area (Å²) in [6.07, 6.45) is 3.12. The summed E-state index contributed by atoms with van der Waals surface area (Å²) in [6.45, 7) is 4.57. The maximum Gasteiger partial charge on any atom is 0.222 e. The largest absolute Gasteiger partial charge is 0.744 e. The Kier molecular flexibility index (Phi) is 7.00. The molecule has 8 heteroatoms. The number of benzene rings is 1. The summed E-state index contributed by atoms with van der Waals surface area (Å²) in [6, 6.07) is 5.77. The minimum atomic E-state index is -4.47. The van der Waals surface area contributed by atoms with Gasteiger partial charge in [0, 0.05) is 24.9 Å². The standard InChI is InChI=1S/C19H28N2O5S/c1-3-14(19(20)23)12-16(21-10-4-5-18(21)22)11-13(2)15-6-8-17(9-7-15)27(24,25)26/h6-9,13-14,16H,3-5,10-12H2,1-2H3,(H2,20,23)(H,24,25,26)/p-1. The van der Waals surface area contributed by atoms with Gasteiger partial charge in [0.1, 0.15) is 10.1 Å². The molecular formula is C19H27N2O5S-. The van der Waals surface area contributed by atoms with E-state index in [4.69, 9.17) is 5.73 Å². The van der Waals surface area contributed by atoms with E-state index in [2.05, 4.69) is 0 Å². The quantitative estimate of drug-likeness (QED) is 0.641. The van der Waals surface area contributed by atoms with Gasteiger partial charge in [0.15, 0.2) is 0 Å². The Balaban J connectivity index is 2.18. The van der Waals surface area contributed by atoms with Crippen molar-refractivity contribution in [3.8, 4) is 0 Å². The summed E-state index contributed by atoms with van der Waals surface area (Å²) in [5.74, 6) is -0.521. The fourth-order valence-corrected chi connectivity index (χ4v) is 4.19. The summed E-state index contributed by atoms with van der Waals surface area (Å²) < 4.78 is 33.2. The highest BCUT2D eigenvalue weighted by atomic mass is 32.2. The van der Waals surface area contributed by atoms with Crippen LogP contribution in [0.25, 0.3) is 0 Å². The van der Waals surface area contributed by atoms with Crippen molar-refractivity contribution in [2.45, 2.75) is 62.8 Å². The van der Waals surface area contributed by atoms with Gasteiger partial charge in [0.2, 0.25) is 11.8 Å². The molecule has 0 aliphatic carbocycles. The highest BCUT2D eigenvalue weighted by Crippen LogP contribution is 2.30. The monoisotopic (exact) mass is 395 g/mol. The number of carbonyl (C=O) groups is 2. The van der Waals surface area contributed by atoms with Crippen LogP contribution in [0.2, 0.25) is 0 Å². The summed E-state index contributed by atoms with van der Waals surface area (Å²) in [4.78, 5) is 25.5. The SMILES string of the molecule is CCC(CC(CC(C)c1ccc(S(=O)(=O)[O-])cc1)N1CCCC1=O)C(N)=O. The Hall–Kier alpha value is -1.93. The number of carbonyl (C=O) groups excluding carboxylic acids is 2. The molecule has 1 aromatic rings. The maximum absolute atomic E-state index is 12.2. The van der Waals surface area contributed by atoms with E-state index in [-0.39, 0.29) is 34.6 Å². The van der Waals surface area contributed by atoms with Crippen LogP contribution < -0.4 is 5.73 Å². The van der Waals surface area contributed by atoms with Crippen LogP contribution in [0.3, 0.4) is 0 Å². The smallest absolute Gasteiger partial charge is 0.222 e. The van der Waals surface area contributed by atoms with E-state index in [1.165, 1.54) is 12.1 Å². The van der Waals surface area contributed by atoms with Crippen LogP contribution in [0.4, 0.5) is 0 Å². The Bertz CT molecular complexity index is 776. The Morgan fingerprint density at radius 3 is 2.33 bits per heavy atom. The van der Waals surface area contributed by atoms with Crippen molar-refractivity contribution in [1.82, 2.24) is 4.90 Å². The molecule has 0 radical (unpaired) electrons. The molecular weight excluding hydrogens is 368 g/mol. The van der Waals surface area contributed by atoms with Gasteiger partial charge < -0.3 is 15.2 Å². The molecule has 0 saturated carbocycles. The predicted octanol–water partition coefficient (Wildman–Crippen LogP) is 1.98. The zero-order valence-electron chi connectivity index (χ0n) is 15.8. The van der Waals surface area contributed by atoms with Gasteiger partial charge in [-0.05, 0) is 49.3 Å². The number of nitrogens with two attached hydrogens (primary N) is 1. The van der Waals surface area contributed by atoms with Crippen LogP contribution in [0.15, 0.2) is 29.2 Å². The molecule has 150 valence electrons. The maximum atomic E-state index is 12.2. The molecule has 7 nitrogen and oxygen atoms in total. The predicted molar refractivity (Wildman–Crippen MR) is 99.8 cm³/mol. The number of nitrogens with zero attached hydrogens (tertiary/aromatic N) is 1. The van der Waals surface area contributed by atoms with E-state index in [9.17, 15) is 22.6 Å². The third kappa shape index (κ3) is 5.52. The molecule has 0 bridgehead atoms. The minimum absolute atomic E-state index is 0.0252. The van der Waals surface area contributed by atoms with Crippen LogP contribution in [-0.4, -0.2) is 42.3 Å². The molecule has 27 heavy (non-hydrogen) atoms. The zero-order chi connectivity index (χ0) is 20.2. The molecule has 0 aromatic heterocycles. The second-order valence-corrected chi connectivity index (χ2v) is 8.63. The van der Waals surface area contributed by atoms with E-state index in [0.717, 1.165) is 12.0 Å². The van der Waals surface area contributed by atoms with Gasteiger partial charge in [-0.2, -0.15) is 0 Å². The molecule has 1 heterocycles. The van der Waals surface area contributed by atoms with Crippen LogP contribution >= 0.6 is 0 Å². The van der Waals surface area contributed by atoms with E-state index < -0.39 is 10.1 Å². The summed E-state index contributed by atoms with van der Waals surface area (Å²) in [7, 11) is -4.47. The number of rotatable bonds is 9. The number of amides is 2. The van der Waals surface area contributed by atoms with Gasteiger partial charge in [0.25, 0.3) is 0 Å². The van der Waals surface area contributed by atoms with Gasteiger partial charge in [-0.3, -0.25) is 9.59 Å². The number of likely N-dealkylation sites (tertiary alicyclic amines) is 1. The Labute approximate surface area is 160 Å². The van der Waals surface area contributed by atoms with Gasteiger partial charge in [-0.15, -0.1) is 0 Å². The summed E-state index contributed by atoms with van der Waals surface area (Å²) in [5, 5.41) is 0. The summed E-state index contributed by atoms with van der Waals surface area (Å²) >= 11 is 0. The lowest BCUT2D eigenvalue weighted by molar-refractivity contribution is -0.131. The highest BCUT2D eigenvalue weighted by Gasteiger charge is 2.32. The lowest BCUT2D eigenvalue weighted by Gasteiger charge is -2.32. The van der Waals surface area contributed by atoms with Gasteiger partial charge in [-0.1, -0.05) is 26.0 Å². The van der Waals surface area contributed by atoms with Crippen LogP contribution in [0.5, 0.6) is 0 Å². The van der Waals surface area contributed by atoms with E-state index in [1.807, 2.05) is 18.7 Å². The fraction of sp³-hybridized carbons (Fsp3) is 0.579. The molecule has 3 atom stereocenters. The number of hydrogen-bond donors (Lipinski definition) is 1. The lowest BCUT2D eigenvalue weighted by atomic mass is 9.87. The van der Waals surface area contributed by atoms with Crippen LogP contribution in [0, 0.1) is 5.92 Å². The van der Waals surface area contributed by atoms with Gasteiger partial charge in [0.05, 0.1) is 4.90 Å². The second kappa shape index (κ2) is 8.84. The average molecular weight is 396 g/mol. The minimum Gasteiger partial charge on any atom is -0.744 e. The zero-order valence-corrected chi connectivity index (χ0v) is 16.6. The third-order valence-electron chi connectivity index (χ3n) is 5.37. The van der Waals surface area contributed by atoms with Crippen molar-refractivity contribution in [1.29, 1.82) is 0 Å². The van der Waals surface area contributed by atoms with Crippen molar-refractivity contribution < 1.29 is 22.6 Å². The molecule has 2 amide bonds. The molecule has 1 aromatic carbocycles. The fourth-order valence-electron chi connectivity index (χ4n) is 3.73. The second-order valence-electron chi connectivity index (χ2n) is 7.25. The van der Waals surface area contributed by atoms with Gasteiger partial charge in [-0.25, -0.2) is 8.42 Å². The van der Waals surface area contributed by atoms with E-state index >= 15 is 0 Å². The topological polar surface area (TPSA) is 121 Å². The lowest BCUT2D eigenvalue weighted by Crippen LogP contribution is -2.40. The number of hydrogen-bond acceptors (Lipinski definition) is 5. The molecule has 1 aliphatic rings. The van der Waals surface area contributed by atoms with Gasteiger partial charge >= 0.3 is 0 Å². The van der Waals surface area contributed by atoms with E-state index in [1.54, 1.807) is 12.1 Å². The van der Waals surface area contributed by atoms with Crippen LogP contribution in [-0.2, 0) is 19.7 Å². The third-order valence-corrected chi connectivity index (χ3v) is 6.22. The number of primary amides is 1. The van der Waals surface area contributed by atoms with Crippen molar-refractivity contribution in [2.24, 2.45) is 11.7 Å². The van der Waals surface area contributed by atoms with Crippen molar-refractivity contribution >= 4 is 21.9 Å². The first-order valence-electron chi connectivity index (χ1n) is 9.28. The molecule has 1 aliphatic heterocycles. The Morgan fingerprint density at radius 1 is 1.26 bits per heavy atom. The molecule has 0 spiro atoms. The average Bonchev–Trinajstić information content (AvgIpc) is 3.03. The molecule has 1 saturated heterocycles. The first-order chi connectivity index (χ1) is 12.6. The summed E-state index contributed by atoms with van der Waals surface area (Å²) in [5.41, 5.74) is 6.38. The molecule has 2 N–H and O–H groups in total. The molecule has 2 rings (SSSR count). The molecule has 1 fully saturated rings. The molecule has 3 unspecified atom stereocenters. The first kappa shape index (κ1) is 21.4. The van der Waals surface area contributed by atoms with Crippen molar-refractivity contribution in [3.63, 3.8) is 0 Å².